The van der Waals surface area contributed by atoms with Gasteiger partial charge in [0, 0.05) is 12.6 Å². The number of esters is 1. The molecule has 1 aliphatic heterocycles. The highest BCUT2D eigenvalue weighted by atomic mass is 16.6. The number of nitrogens with one attached hydrogen (secondary N) is 1. The normalized spacial score (nSPS) is 15.8. The van der Waals surface area contributed by atoms with Crippen LogP contribution in [0, 0.1) is 0 Å². The zero-order valence-corrected chi connectivity index (χ0v) is 21.8. The van der Waals surface area contributed by atoms with E-state index in [1.165, 1.54) is 0 Å². The molecule has 8 nitrogen and oxygen atoms in total. The summed E-state index contributed by atoms with van der Waals surface area (Å²) < 4.78 is 28.0. The van der Waals surface area contributed by atoms with Crippen molar-refractivity contribution in [2.75, 3.05) is 26.4 Å². The van der Waals surface area contributed by atoms with Gasteiger partial charge < -0.3 is 34.1 Å². The van der Waals surface area contributed by atoms with Crippen LogP contribution >= 0.6 is 0 Å². The summed E-state index contributed by atoms with van der Waals surface area (Å²) in [6.45, 7) is 5.31. The van der Waals surface area contributed by atoms with Crippen LogP contribution in [0.15, 0.2) is 72.8 Å². The van der Waals surface area contributed by atoms with Crippen molar-refractivity contribution in [1.29, 1.82) is 0 Å². The van der Waals surface area contributed by atoms with Crippen LogP contribution < -0.4 is 24.3 Å². The Morgan fingerprint density at radius 2 is 1.74 bits per heavy atom. The van der Waals surface area contributed by atoms with Crippen LogP contribution in [0.4, 0.5) is 0 Å². The molecule has 0 saturated carbocycles. The van der Waals surface area contributed by atoms with Gasteiger partial charge in [-0.3, -0.25) is 0 Å². The predicted octanol–water partition coefficient (Wildman–Crippen LogP) is 3.93. The molecule has 3 aromatic rings. The first-order valence-corrected chi connectivity index (χ1v) is 12.9. The molecule has 1 heterocycles. The maximum atomic E-state index is 11.9. The second kappa shape index (κ2) is 13.7. The van der Waals surface area contributed by atoms with Crippen molar-refractivity contribution in [3.63, 3.8) is 0 Å². The van der Waals surface area contributed by atoms with Crippen LogP contribution in [0.25, 0.3) is 0 Å². The highest BCUT2D eigenvalue weighted by molar-refractivity contribution is 5.76. The maximum absolute atomic E-state index is 11.9. The highest BCUT2D eigenvalue weighted by Crippen LogP contribution is 2.33. The number of fused-ring (bicyclic) bond motifs is 1. The third-order valence-electron chi connectivity index (χ3n) is 5.98. The fourth-order valence-corrected chi connectivity index (χ4v) is 3.98. The van der Waals surface area contributed by atoms with Crippen molar-refractivity contribution in [3.8, 4) is 23.0 Å². The number of rotatable bonds is 13. The van der Waals surface area contributed by atoms with Gasteiger partial charge in [-0.15, -0.1) is 0 Å². The van der Waals surface area contributed by atoms with E-state index in [0.29, 0.717) is 37.0 Å². The number of hydrogen-bond acceptors (Lipinski definition) is 8. The van der Waals surface area contributed by atoms with Crippen molar-refractivity contribution in [2.24, 2.45) is 0 Å². The molecule has 0 saturated heterocycles. The summed E-state index contributed by atoms with van der Waals surface area (Å²) in [6.07, 6.45) is -0.675. The van der Waals surface area contributed by atoms with Gasteiger partial charge in [-0.1, -0.05) is 36.4 Å². The Hall–Kier alpha value is -3.75. The number of carbonyl (C=O) groups is 1. The third-order valence-corrected chi connectivity index (χ3v) is 5.98. The van der Waals surface area contributed by atoms with Gasteiger partial charge in [-0.05, 0) is 67.8 Å². The van der Waals surface area contributed by atoms with Crippen molar-refractivity contribution in [2.45, 2.75) is 45.1 Å². The lowest BCUT2D eigenvalue weighted by Crippen LogP contribution is -2.38. The van der Waals surface area contributed by atoms with E-state index < -0.39 is 18.2 Å². The quantitative estimate of drug-likeness (QED) is 0.327. The van der Waals surface area contributed by atoms with E-state index in [0.717, 1.165) is 23.3 Å². The van der Waals surface area contributed by atoms with E-state index in [1.807, 2.05) is 72.8 Å². The minimum atomic E-state index is -0.747. The lowest BCUT2D eigenvalue weighted by molar-refractivity contribution is -0.153. The summed E-state index contributed by atoms with van der Waals surface area (Å²) in [5.41, 5.74) is 2.16. The largest absolute Gasteiger partial charge is 0.491 e. The summed E-state index contributed by atoms with van der Waals surface area (Å²) in [6, 6.07) is 23.2. The molecular formula is C30H35NO7. The molecule has 8 heteroatoms. The van der Waals surface area contributed by atoms with Crippen LogP contribution in [0.5, 0.6) is 23.0 Å². The number of benzene rings is 3. The molecule has 0 spiro atoms. The lowest BCUT2D eigenvalue weighted by atomic mass is 10.1. The van der Waals surface area contributed by atoms with Crippen molar-refractivity contribution < 1.29 is 33.6 Å². The van der Waals surface area contributed by atoms with E-state index in [1.54, 1.807) is 6.92 Å². The molecule has 0 radical (unpaired) electrons. The minimum Gasteiger partial charge on any atom is -0.491 e. The van der Waals surface area contributed by atoms with E-state index in [2.05, 4.69) is 12.2 Å². The molecule has 0 fully saturated rings. The third kappa shape index (κ3) is 8.13. The first kappa shape index (κ1) is 27.3. The topological polar surface area (TPSA) is 95.5 Å². The van der Waals surface area contributed by atoms with Crippen LogP contribution in [-0.2, 0) is 22.6 Å². The van der Waals surface area contributed by atoms with Crippen LogP contribution in [0.2, 0.25) is 0 Å². The Bertz CT molecular complexity index is 1150. The van der Waals surface area contributed by atoms with Gasteiger partial charge in [0.2, 0.25) is 6.10 Å². The monoisotopic (exact) mass is 521 g/mol. The number of hydrogen-bond donors (Lipinski definition) is 2. The van der Waals surface area contributed by atoms with E-state index >= 15 is 0 Å². The van der Waals surface area contributed by atoms with Gasteiger partial charge in [0.15, 0.2) is 11.5 Å². The second-order valence-corrected chi connectivity index (χ2v) is 9.17. The van der Waals surface area contributed by atoms with Gasteiger partial charge in [0.05, 0.1) is 6.61 Å². The summed E-state index contributed by atoms with van der Waals surface area (Å²) in [5, 5.41) is 13.7. The Morgan fingerprint density at radius 1 is 1.00 bits per heavy atom. The van der Waals surface area contributed by atoms with Crippen LogP contribution in [-0.4, -0.2) is 55.7 Å². The molecule has 0 aliphatic carbocycles. The maximum Gasteiger partial charge on any atom is 0.350 e. The highest BCUT2D eigenvalue weighted by Gasteiger charge is 2.28. The molecule has 0 bridgehead atoms. The lowest BCUT2D eigenvalue weighted by Gasteiger charge is -2.25. The number of carbonyl (C=O) groups excluding carboxylic acids is 1. The Morgan fingerprint density at radius 3 is 2.47 bits per heavy atom. The summed E-state index contributed by atoms with van der Waals surface area (Å²) in [5.74, 6) is 2.15. The standard InChI is InChI=1S/C30H35NO7/c1-3-34-30(33)29-20-37-28-16-23(9-14-27(28)38-29)15-21(2)31-17-24(32)19-36-26-12-10-25(11-13-26)35-18-22-7-5-4-6-8-22/h4-14,16,21,24,29,31-32H,3,15,17-20H2,1-2H3/t21-,24+,29-/m1/s1. The smallest absolute Gasteiger partial charge is 0.350 e. The van der Waals surface area contributed by atoms with E-state index in [4.69, 9.17) is 23.7 Å². The SMILES string of the molecule is CCOC(=O)[C@H]1COc2cc(C[C@@H](C)NC[C@H](O)COc3ccc(OCc4ccccc4)cc3)ccc2O1. The molecule has 1 aliphatic rings. The minimum absolute atomic E-state index is 0.112. The molecule has 202 valence electrons. The van der Waals surface area contributed by atoms with E-state index in [-0.39, 0.29) is 19.3 Å². The first-order valence-electron chi connectivity index (χ1n) is 12.9. The van der Waals surface area contributed by atoms with E-state index in [9.17, 15) is 9.90 Å². The molecule has 0 unspecified atom stereocenters. The van der Waals surface area contributed by atoms with Gasteiger partial charge in [-0.2, -0.15) is 0 Å². The zero-order chi connectivity index (χ0) is 26.7. The number of ether oxygens (including phenoxy) is 5. The Balaban J connectivity index is 1.15. The van der Waals surface area contributed by atoms with Gasteiger partial charge >= 0.3 is 5.97 Å². The Kier molecular flexibility index (Phi) is 9.84. The Labute approximate surface area is 223 Å². The predicted molar refractivity (Wildman–Crippen MR) is 143 cm³/mol. The molecule has 3 atom stereocenters. The van der Waals surface area contributed by atoms with Gasteiger partial charge in [0.1, 0.15) is 37.4 Å². The summed E-state index contributed by atoms with van der Waals surface area (Å²) >= 11 is 0. The van der Waals surface area contributed by atoms with Gasteiger partial charge in [-0.25, -0.2) is 4.79 Å². The average molecular weight is 522 g/mol. The zero-order valence-electron chi connectivity index (χ0n) is 21.8. The molecule has 3 aromatic carbocycles. The molecular weight excluding hydrogens is 486 g/mol. The molecule has 0 aromatic heterocycles. The molecule has 4 rings (SSSR count). The molecule has 2 N–H and O–H groups in total. The van der Waals surface area contributed by atoms with Crippen LogP contribution in [0.3, 0.4) is 0 Å². The molecule has 38 heavy (non-hydrogen) atoms. The summed E-state index contributed by atoms with van der Waals surface area (Å²) in [4.78, 5) is 11.9. The summed E-state index contributed by atoms with van der Waals surface area (Å²) in [7, 11) is 0. The number of aliphatic hydroxyl groups is 1. The second-order valence-electron chi connectivity index (χ2n) is 9.17. The van der Waals surface area contributed by atoms with Crippen molar-refractivity contribution >= 4 is 5.97 Å². The van der Waals surface area contributed by atoms with Crippen molar-refractivity contribution in [1.82, 2.24) is 5.32 Å². The molecule has 0 amide bonds. The number of aliphatic hydroxyl groups excluding tert-OH is 1. The first-order chi connectivity index (χ1) is 18.5. The van der Waals surface area contributed by atoms with Crippen molar-refractivity contribution in [3.05, 3.63) is 83.9 Å². The fourth-order valence-electron chi connectivity index (χ4n) is 3.98. The average Bonchev–Trinajstić information content (AvgIpc) is 2.95. The van der Waals surface area contributed by atoms with Crippen LogP contribution in [0.1, 0.15) is 25.0 Å². The van der Waals surface area contributed by atoms with Gasteiger partial charge in [0.25, 0.3) is 0 Å². The fraction of sp³-hybridized carbons (Fsp3) is 0.367.